The monoisotopic (exact) mass is 287 g/mol. The Morgan fingerprint density at radius 1 is 1.35 bits per heavy atom. The van der Waals surface area contributed by atoms with E-state index in [2.05, 4.69) is 10.1 Å². The van der Waals surface area contributed by atoms with E-state index >= 15 is 0 Å². The number of carbonyl (C=O) groups is 2. The number of alkyl carbamates (subject to hydrolysis) is 1. The van der Waals surface area contributed by atoms with E-state index in [-0.39, 0.29) is 24.7 Å². The summed E-state index contributed by atoms with van der Waals surface area (Å²) in [5.41, 5.74) is 0. The molecule has 1 aliphatic heterocycles. The third-order valence-electron chi connectivity index (χ3n) is 3.55. The summed E-state index contributed by atoms with van der Waals surface area (Å²) in [6.07, 6.45) is 1.89. The SMILES string of the molecule is CCOC(=O)[C@H](NC(=O)OC)[C@@H]1C[C@@H](CC)O[C@H](C)C1. The second-order valence-electron chi connectivity index (χ2n) is 5.07. The van der Waals surface area contributed by atoms with Gasteiger partial charge in [0.2, 0.25) is 0 Å². The largest absolute Gasteiger partial charge is 0.464 e. The molecule has 0 unspecified atom stereocenters. The average molecular weight is 287 g/mol. The molecule has 0 aromatic rings. The van der Waals surface area contributed by atoms with Crippen molar-refractivity contribution in [3.63, 3.8) is 0 Å². The second kappa shape index (κ2) is 8.09. The van der Waals surface area contributed by atoms with Crippen molar-refractivity contribution in [1.82, 2.24) is 5.32 Å². The van der Waals surface area contributed by atoms with Gasteiger partial charge < -0.3 is 19.5 Å². The van der Waals surface area contributed by atoms with Crippen LogP contribution in [0.2, 0.25) is 0 Å². The van der Waals surface area contributed by atoms with Gasteiger partial charge in [0.25, 0.3) is 0 Å². The number of hydrogen-bond donors (Lipinski definition) is 1. The van der Waals surface area contributed by atoms with Crippen molar-refractivity contribution >= 4 is 12.1 Å². The fourth-order valence-electron chi connectivity index (χ4n) is 2.62. The number of rotatable bonds is 5. The van der Waals surface area contributed by atoms with Crippen LogP contribution in [0.1, 0.15) is 40.0 Å². The predicted molar refractivity (Wildman–Crippen MR) is 73.3 cm³/mol. The molecule has 0 bridgehead atoms. The summed E-state index contributed by atoms with van der Waals surface area (Å²) in [7, 11) is 1.28. The number of hydrogen-bond acceptors (Lipinski definition) is 5. The maximum Gasteiger partial charge on any atom is 0.407 e. The van der Waals surface area contributed by atoms with E-state index in [1.165, 1.54) is 7.11 Å². The lowest BCUT2D eigenvalue weighted by atomic mass is 9.85. The highest BCUT2D eigenvalue weighted by molar-refractivity contribution is 5.81. The summed E-state index contributed by atoms with van der Waals surface area (Å²) >= 11 is 0. The van der Waals surface area contributed by atoms with E-state index < -0.39 is 18.1 Å². The maximum atomic E-state index is 12.1. The van der Waals surface area contributed by atoms with Crippen molar-refractivity contribution in [1.29, 1.82) is 0 Å². The number of nitrogens with one attached hydrogen (secondary N) is 1. The minimum Gasteiger partial charge on any atom is -0.464 e. The molecule has 0 aromatic heterocycles. The number of carbonyl (C=O) groups excluding carboxylic acids is 2. The molecule has 1 fully saturated rings. The van der Waals surface area contributed by atoms with Gasteiger partial charge in [-0.15, -0.1) is 0 Å². The summed E-state index contributed by atoms with van der Waals surface area (Å²) in [5.74, 6) is -0.409. The van der Waals surface area contributed by atoms with Crippen LogP contribution >= 0.6 is 0 Å². The minimum absolute atomic E-state index is 0.00171. The zero-order valence-corrected chi connectivity index (χ0v) is 12.7. The molecule has 6 nitrogen and oxygen atoms in total. The molecule has 1 rings (SSSR count). The molecule has 4 atom stereocenters. The van der Waals surface area contributed by atoms with Crippen molar-refractivity contribution in [2.24, 2.45) is 5.92 Å². The summed E-state index contributed by atoms with van der Waals surface area (Å²) in [6, 6.07) is -0.678. The lowest BCUT2D eigenvalue weighted by Crippen LogP contribution is -2.50. The summed E-state index contributed by atoms with van der Waals surface area (Å²) in [4.78, 5) is 23.5. The van der Waals surface area contributed by atoms with Crippen LogP contribution in [0, 0.1) is 5.92 Å². The maximum absolute atomic E-state index is 12.1. The second-order valence-corrected chi connectivity index (χ2v) is 5.07. The predicted octanol–water partition coefficient (Wildman–Crippen LogP) is 1.87. The van der Waals surface area contributed by atoms with Gasteiger partial charge in [-0.05, 0) is 39.0 Å². The van der Waals surface area contributed by atoms with Crippen LogP contribution in [-0.4, -0.2) is 44.0 Å². The van der Waals surface area contributed by atoms with Crippen LogP contribution in [0.15, 0.2) is 0 Å². The van der Waals surface area contributed by atoms with E-state index in [1.807, 2.05) is 13.8 Å². The van der Waals surface area contributed by atoms with Crippen LogP contribution < -0.4 is 5.32 Å². The van der Waals surface area contributed by atoms with Crippen LogP contribution in [-0.2, 0) is 19.0 Å². The van der Waals surface area contributed by atoms with Crippen molar-refractivity contribution < 1.29 is 23.8 Å². The van der Waals surface area contributed by atoms with Gasteiger partial charge in [-0.1, -0.05) is 6.92 Å². The third-order valence-corrected chi connectivity index (χ3v) is 3.55. The molecule has 116 valence electrons. The van der Waals surface area contributed by atoms with Crippen molar-refractivity contribution in [3.8, 4) is 0 Å². The van der Waals surface area contributed by atoms with Crippen LogP contribution in [0.4, 0.5) is 4.79 Å². The molecular weight excluding hydrogens is 262 g/mol. The van der Waals surface area contributed by atoms with Gasteiger partial charge in [-0.25, -0.2) is 9.59 Å². The molecule has 0 saturated carbocycles. The fourth-order valence-corrected chi connectivity index (χ4v) is 2.62. The quantitative estimate of drug-likeness (QED) is 0.781. The number of ether oxygens (including phenoxy) is 3. The molecule has 0 spiro atoms. The first-order chi connectivity index (χ1) is 9.51. The van der Waals surface area contributed by atoms with Crippen LogP contribution in [0.3, 0.4) is 0 Å². The third kappa shape index (κ3) is 4.67. The first kappa shape index (κ1) is 16.8. The molecule has 1 heterocycles. The lowest BCUT2D eigenvalue weighted by Gasteiger charge is -2.36. The number of amides is 1. The minimum atomic E-state index is -0.678. The van der Waals surface area contributed by atoms with E-state index in [0.717, 1.165) is 12.8 Å². The molecular formula is C14H25NO5. The Balaban J connectivity index is 2.79. The van der Waals surface area contributed by atoms with E-state index in [9.17, 15) is 9.59 Å². The molecule has 0 radical (unpaired) electrons. The summed E-state index contributed by atoms with van der Waals surface area (Å²) in [6.45, 7) is 6.06. The Hall–Kier alpha value is -1.30. The Labute approximate surface area is 120 Å². The van der Waals surface area contributed by atoms with E-state index in [1.54, 1.807) is 6.92 Å². The van der Waals surface area contributed by atoms with Gasteiger partial charge in [0.05, 0.1) is 25.9 Å². The Morgan fingerprint density at radius 3 is 2.60 bits per heavy atom. The van der Waals surface area contributed by atoms with E-state index in [4.69, 9.17) is 9.47 Å². The van der Waals surface area contributed by atoms with Crippen molar-refractivity contribution in [2.75, 3.05) is 13.7 Å². The molecule has 1 amide bonds. The topological polar surface area (TPSA) is 73.9 Å². The van der Waals surface area contributed by atoms with E-state index in [0.29, 0.717) is 6.42 Å². The first-order valence-electron chi connectivity index (χ1n) is 7.18. The molecule has 6 heteroatoms. The van der Waals surface area contributed by atoms with Gasteiger partial charge in [0.15, 0.2) is 0 Å². The molecule has 1 aliphatic rings. The van der Waals surface area contributed by atoms with Gasteiger partial charge in [0.1, 0.15) is 6.04 Å². The lowest BCUT2D eigenvalue weighted by molar-refractivity contribution is -0.150. The average Bonchev–Trinajstić information content (AvgIpc) is 2.43. The Kier molecular flexibility index (Phi) is 6.78. The molecule has 0 aliphatic carbocycles. The molecule has 1 N–H and O–H groups in total. The molecule has 1 saturated heterocycles. The fraction of sp³-hybridized carbons (Fsp3) is 0.857. The highest BCUT2D eigenvalue weighted by atomic mass is 16.5. The van der Waals surface area contributed by atoms with Crippen LogP contribution in [0.5, 0.6) is 0 Å². The van der Waals surface area contributed by atoms with Gasteiger partial charge in [0, 0.05) is 0 Å². The first-order valence-corrected chi connectivity index (χ1v) is 7.18. The van der Waals surface area contributed by atoms with Crippen LogP contribution in [0.25, 0.3) is 0 Å². The van der Waals surface area contributed by atoms with Gasteiger partial charge in [-0.2, -0.15) is 0 Å². The van der Waals surface area contributed by atoms with Gasteiger partial charge >= 0.3 is 12.1 Å². The zero-order valence-electron chi connectivity index (χ0n) is 12.7. The Morgan fingerprint density at radius 2 is 2.05 bits per heavy atom. The highest BCUT2D eigenvalue weighted by Gasteiger charge is 2.37. The highest BCUT2D eigenvalue weighted by Crippen LogP contribution is 2.29. The summed E-state index contributed by atoms with van der Waals surface area (Å²) < 4.78 is 15.4. The standard InChI is InChI=1S/C14H25NO5/c1-5-11-8-10(7-9(3)20-11)12(13(16)19-6-2)15-14(17)18-4/h9-12H,5-8H2,1-4H3,(H,15,17)/t9-,10+,11-,12-/m1/s1. The van der Waals surface area contributed by atoms with Crippen molar-refractivity contribution in [2.45, 2.75) is 58.3 Å². The smallest absolute Gasteiger partial charge is 0.407 e. The molecule has 0 aromatic carbocycles. The molecule has 20 heavy (non-hydrogen) atoms. The zero-order chi connectivity index (χ0) is 15.1. The van der Waals surface area contributed by atoms with Crippen molar-refractivity contribution in [3.05, 3.63) is 0 Å². The summed E-state index contributed by atoms with van der Waals surface area (Å²) in [5, 5.41) is 2.59. The van der Waals surface area contributed by atoms with Gasteiger partial charge in [-0.3, -0.25) is 0 Å². The normalized spacial score (nSPS) is 27.5. The number of methoxy groups -OCH3 is 1. The Bertz CT molecular complexity index is 334. The number of esters is 1.